The molecule has 0 saturated carbocycles. The van der Waals surface area contributed by atoms with E-state index in [1.54, 1.807) is 37.7 Å². The highest BCUT2D eigenvalue weighted by Gasteiger charge is 2.22. The number of sulfonamides is 1. The van der Waals surface area contributed by atoms with E-state index in [0.29, 0.717) is 39.0 Å². The van der Waals surface area contributed by atoms with Gasteiger partial charge in [-0.15, -0.1) is 0 Å². The molecule has 2 aromatic heterocycles. The van der Waals surface area contributed by atoms with E-state index in [1.807, 2.05) is 19.1 Å². The van der Waals surface area contributed by atoms with Crippen LogP contribution in [0.3, 0.4) is 0 Å². The second-order valence-electron chi connectivity index (χ2n) is 10.0. The Labute approximate surface area is 225 Å². The Morgan fingerprint density at radius 3 is 2.38 bits per heavy atom. The van der Waals surface area contributed by atoms with Gasteiger partial charge < -0.3 is 10.8 Å². The zero-order valence-corrected chi connectivity index (χ0v) is 23.0. The number of pyridine rings is 1. The lowest BCUT2D eigenvalue weighted by molar-refractivity contribution is 0.143. The molecule has 204 valence electrons. The van der Waals surface area contributed by atoms with Crippen LogP contribution < -0.4 is 10.5 Å². The second-order valence-corrected chi connectivity index (χ2v) is 11.8. The van der Waals surface area contributed by atoms with Crippen LogP contribution in [0.25, 0.3) is 22.0 Å². The Bertz CT molecular complexity index is 1730. The van der Waals surface area contributed by atoms with Gasteiger partial charge >= 0.3 is 0 Å². The molecular weight excluding hydrogens is 524 g/mol. The number of fused-ring (bicyclic) bond motifs is 1. The molecule has 8 nitrogen and oxygen atoms in total. The Balaban J connectivity index is 1.93. The third kappa shape index (κ3) is 6.60. The lowest BCUT2D eigenvalue weighted by Crippen LogP contribution is -2.17. The van der Waals surface area contributed by atoms with Gasteiger partial charge in [0, 0.05) is 29.6 Å². The first-order valence-electron chi connectivity index (χ1n) is 12.0. The number of nitrogens with zero attached hydrogens (tertiary/aromatic N) is 3. The Morgan fingerprint density at radius 1 is 1.13 bits per heavy atom. The molecule has 2 aromatic carbocycles. The maximum atomic E-state index is 13.9. The van der Waals surface area contributed by atoms with Gasteiger partial charge in [-0.3, -0.25) is 9.40 Å². The summed E-state index contributed by atoms with van der Waals surface area (Å²) in [5.74, 6) is 4.34. The first-order valence-corrected chi connectivity index (χ1v) is 13.9. The van der Waals surface area contributed by atoms with Gasteiger partial charge in [0.25, 0.3) is 0 Å². The molecule has 2 heterocycles. The molecular formula is C28H29F2N5O3S. The third-order valence-electron chi connectivity index (χ3n) is 5.92. The molecule has 39 heavy (non-hydrogen) atoms. The molecule has 0 radical (unpaired) electrons. The van der Waals surface area contributed by atoms with Crippen molar-refractivity contribution in [2.75, 3.05) is 11.0 Å². The monoisotopic (exact) mass is 553 g/mol. The number of rotatable bonds is 6. The second kappa shape index (κ2) is 10.4. The molecule has 0 spiro atoms. The minimum atomic E-state index is -3.59. The lowest BCUT2D eigenvalue weighted by Gasteiger charge is -2.18. The molecule has 0 bridgehead atoms. The number of aryl methyl sites for hydroxylation is 2. The SMILES string of the molecule is Cc1ccc(-c2ccc(C#CC(C)(C)O)nc2C(N)Cc2cc(F)cc(F)c2)c2c1c(NS(C)(=O)=O)nn2C. The summed E-state index contributed by atoms with van der Waals surface area (Å²) in [4.78, 5) is 4.68. The molecule has 0 aliphatic carbocycles. The standard InChI is InChI=1S/C28H29F2N5O3S/c1-16-6-8-22(26-24(16)27(33-35(26)4)34-39(5,37)38)21-9-7-20(10-11-28(2,3)36)32-25(21)23(31)14-17-12-18(29)15-19(30)13-17/h6-9,12-13,15,23,36H,14,31H2,1-5H3,(H,33,34). The number of hydrogen-bond acceptors (Lipinski definition) is 6. The molecule has 0 aliphatic rings. The van der Waals surface area contributed by atoms with E-state index in [9.17, 15) is 22.3 Å². The fourth-order valence-electron chi connectivity index (χ4n) is 4.39. The van der Waals surface area contributed by atoms with Crippen molar-refractivity contribution in [2.24, 2.45) is 12.8 Å². The molecule has 1 atom stereocenters. The molecule has 4 aromatic rings. The summed E-state index contributed by atoms with van der Waals surface area (Å²) >= 11 is 0. The fraction of sp³-hybridized carbons (Fsp3) is 0.286. The first kappa shape index (κ1) is 28.2. The number of anilines is 1. The van der Waals surface area contributed by atoms with Crippen molar-refractivity contribution in [1.29, 1.82) is 0 Å². The summed E-state index contributed by atoms with van der Waals surface area (Å²) in [5, 5.41) is 15.0. The van der Waals surface area contributed by atoms with Crippen molar-refractivity contribution in [3.05, 3.63) is 76.6 Å². The Hall–Kier alpha value is -3.85. The van der Waals surface area contributed by atoms with Crippen LogP contribution in [0.15, 0.2) is 42.5 Å². The van der Waals surface area contributed by atoms with Crippen LogP contribution >= 0.6 is 0 Å². The van der Waals surface area contributed by atoms with Gasteiger partial charge in [0.1, 0.15) is 22.9 Å². The zero-order chi connectivity index (χ0) is 28.7. The maximum Gasteiger partial charge on any atom is 0.231 e. The Morgan fingerprint density at radius 2 is 1.77 bits per heavy atom. The van der Waals surface area contributed by atoms with Gasteiger partial charge in [-0.25, -0.2) is 22.2 Å². The van der Waals surface area contributed by atoms with Gasteiger partial charge in [-0.1, -0.05) is 18.1 Å². The highest BCUT2D eigenvalue weighted by atomic mass is 32.2. The average Bonchev–Trinajstić information content (AvgIpc) is 3.12. The van der Waals surface area contributed by atoms with Crippen LogP contribution in [0.5, 0.6) is 0 Å². The van der Waals surface area contributed by atoms with Crippen LogP contribution in [0.4, 0.5) is 14.6 Å². The van der Waals surface area contributed by atoms with Crippen LogP contribution in [0.1, 0.15) is 42.4 Å². The van der Waals surface area contributed by atoms with Crippen LogP contribution in [0.2, 0.25) is 0 Å². The predicted molar refractivity (Wildman–Crippen MR) is 147 cm³/mol. The van der Waals surface area contributed by atoms with Crippen LogP contribution in [-0.2, 0) is 23.5 Å². The lowest BCUT2D eigenvalue weighted by atomic mass is 9.93. The van der Waals surface area contributed by atoms with Gasteiger partial charge in [0.2, 0.25) is 10.0 Å². The molecule has 4 N–H and O–H groups in total. The summed E-state index contributed by atoms with van der Waals surface area (Å²) in [5.41, 5.74) is 9.21. The minimum Gasteiger partial charge on any atom is -0.378 e. The topological polar surface area (TPSA) is 123 Å². The summed E-state index contributed by atoms with van der Waals surface area (Å²) in [7, 11) is -1.89. The molecule has 4 rings (SSSR count). The van der Waals surface area contributed by atoms with Crippen molar-refractivity contribution in [3.8, 4) is 23.0 Å². The summed E-state index contributed by atoms with van der Waals surface area (Å²) < 4.78 is 55.8. The highest BCUT2D eigenvalue weighted by Crippen LogP contribution is 2.37. The number of hydrogen-bond donors (Lipinski definition) is 3. The normalized spacial score (nSPS) is 12.7. The zero-order valence-electron chi connectivity index (χ0n) is 22.2. The predicted octanol–water partition coefficient (Wildman–Crippen LogP) is 3.96. The number of nitrogens with one attached hydrogen (secondary N) is 1. The number of benzene rings is 2. The van der Waals surface area contributed by atoms with Crippen molar-refractivity contribution in [2.45, 2.75) is 38.8 Å². The highest BCUT2D eigenvalue weighted by molar-refractivity contribution is 7.92. The van der Waals surface area contributed by atoms with E-state index < -0.39 is 33.3 Å². The van der Waals surface area contributed by atoms with Crippen LogP contribution in [0, 0.1) is 30.4 Å². The van der Waals surface area contributed by atoms with Gasteiger partial charge in [-0.2, -0.15) is 5.10 Å². The van der Waals surface area contributed by atoms with Crippen molar-refractivity contribution in [3.63, 3.8) is 0 Å². The quantitative estimate of drug-likeness (QED) is 0.311. The molecule has 0 fully saturated rings. The van der Waals surface area contributed by atoms with Gasteiger partial charge in [0.05, 0.1) is 23.5 Å². The number of aromatic nitrogens is 3. The third-order valence-corrected chi connectivity index (χ3v) is 6.48. The molecule has 0 saturated heterocycles. The van der Waals surface area contributed by atoms with Crippen molar-refractivity contribution >= 4 is 26.7 Å². The molecule has 11 heteroatoms. The first-order chi connectivity index (χ1) is 18.1. The van der Waals surface area contributed by atoms with E-state index in [2.05, 4.69) is 26.6 Å². The summed E-state index contributed by atoms with van der Waals surface area (Å²) in [6.07, 6.45) is 1.13. The molecule has 0 aliphatic heterocycles. The van der Waals surface area contributed by atoms with Crippen LogP contribution in [-0.4, -0.2) is 40.1 Å². The van der Waals surface area contributed by atoms with Crippen molar-refractivity contribution in [1.82, 2.24) is 14.8 Å². The number of halogens is 2. The van der Waals surface area contributed by atoms with E-state index in [-0.39, 0.29) is 12.2 Å². The van der Waals surface area contributed by atoms with Gasteiger partial charge in [0.15, 0.2) is 5.82 Å². The maximum absolute atomic E-state index is 13.9. The van der Waals surface area contributed by atoms with Gasteiger partial charge in [-0.05, 0) is 68.5 Å². The average molecular weight is 554 g/mol. The number of nitrogens with two attached hydrogens (primary N) is 1. The van der Waals surface area contributed by atoms with E-state index in [1.165, 1.54) is 12.1 Å². The summed E-state index contributed by atoms with van der Waals surface area (Å²) in [6, 6.07) is 9.60. The Kier molecular flexibility index (Phi) is 7.49. The minimum absolute atomic E-state index is 0.0817. The molecule has 0 amide bonds. The van der Waals surface area contributed by atoms with E-state index >= 15 is 0 Å². The summed E-state index contributed by atoms with van der Waals surface area (Å²) in [6.45, 7) is 4.94. The fourth-order valence-corrected chi connectivity index (χ4v) is 4.89. The number of aliphatic hydroxyl groups is 1. The largest absolute Gasteiger partial charge is 0.378 e. The molecule has 1 unspecified atom stereocenters. The van der Waals surface area contributed by atoms with E-state index in [4.69, 9.17) is 5.73 Å². The van der Waals surface area contributed by atoms with Crippen molar-refractivity contribution < 1.29 is 22.3 Å². The van der Waals surface area contributed by atoms with E-state index in [0.717, 1.165) is 17.9 Å². The smallest absolute Gasteiger partial charge is 0.231 e.